The van der Waals surface area contributed by atoms with Crippen LogP contribution in [0.15, 0.2) is 42.6 Å². The molecule has 1 aromatic carbocycles. The van der Waals surface area contributed by atoms with E-state index in [9.17, 15) is 4.39 Å². The summed E-state index contributed by atoms with van der Waals surface area (Å²) >= 11 is 0. The molecule has 20 heavy (non-hydrogen) atoms. The first-order valence-electron chi connectivity index (χ1n) is 6.84. The third kappa shape index (κ3) is 3.95. The lowest BCUT2D eigenvalue weighted by Gasteiger charge is -2.20. The van der Waals surface area contributed by atoms with Crippen molar-refractivity contribution in [2.24, 2.45) is 0 Å². The van der Waals surface area contributed by atoms with Crippen LogP contribution in [0.5, 0.6) is 0 Å². The van der Waals surface area contributed by atoms with Gasteiger partial charge in [0, 0.05) is 38.1 Å². The lowest BCUT2D eigenvalue weighted by atomic mass is 10.2. The molecular formula is C16H20FN3. The van der Waals surface area contributed by atoms with E-state index >= 15 is 0 Å². The molecule has 0 unspecified atom stereocenters. The zero-order valence-electron chi connectivity index (χ0n) is 11.9. The van der Waals surface area contributed by atoms with E-state index in [1.165, 1.54) is 6.07 Å². The van der Waals surface area contributed by atoms with Crippen LogP contribution in [-0.2, 0) is 6.54 Å². The molecule has 0 aliphatic heterocycles. The zero-order chi connectivity index (χ0) is 14.4. The molecular weight excluding hydrogens is 253 g/mol. The van der Waals surface area contributed by atoms with E-state index < -0.39 is 0 Å². The van der Waals surface area contributed by atoms with Gasteiger partial charge in [-0.05, 0) is 30.2 Å². The van der Waals surface area contributed by atoms with Crippen LogP contribution < -0.4 is 10.2 Å². The fourth-order valence-corrected chi connectivity index (χ4v) is 2.01. The van der Waals surface area contributed by atoms with Crippen LogP contribution in [0.2, 0.25) is 0 Å². The quantitative estimate of drug-likeness (QED) is 0.870. The Labute approximate surface area is 119 Å². The lowest BCUT2D eigenvalue weighted by Crippen LogP contribution is -2.17. The van der Waals surface area contributed by atoms with E-state index in [2.05, 4.69) is 22.1 Å². The topological polar surface area (TPSA) is 28.2 Å². The highest BCUT2D eigenvalue weighted by Crippen LogP contribution is 2.18. The number of aromatic nitrogens is 1. The summed E-state index contributed by atoms with van der Waals surface area (Å²) in [6.45, 7) is 3.69. The number of hydrogen-bond acceptors (Lipinski definition) is 3. The molecule has 0 saturated heterocycles. The van der Waals surface area contributed by atoms with Crippen LogP contribution in [0.1, 0.15) is 18.9 Å². The minimum Gasteiger partial charge on any atom is -0.370 e. The summed E-state index contributed by atoms with van der Waals surface area (Å²) in [6, 6.07) is 10.7. The molecule has 2 rings (SSSR count). The number of pyridine rings is 1. The van der Waals surface area contributed by atoms with Gasteiger partial charge in [-0.3, -0.25) is 0 Å². The Morgan fingerprint density at radius 2 is 2.10 bits per heavy atom. The molecule has 0 saturated carbocycles. The van der Waals surface area contributed by atoms with Crippen molar-refractivity contribution in [2.75, 3.05) is 23.8 Å². The van der Waals surface area contributed by atoms with Gasteiger partial charge in [-0.25, -0.2) is 9.37 Å². The molecule has 0 atom stereocenters. The summed E-state index contributed by atoms with van der Waals surface area (Å²) < 4.78 is 13.2. The van der Waals surface area contributed by atoms with Crippen molar-refractivity contribution in [3.63, 3.8) is 0 Å². The first kappa shape index (κ1) is 14.3. The van der Waals surface area contributed by atoms with Gasteiger partial charge < -0.3 is 10.2 Å². The number of halogens is 1. The third-order valence-corrected chi connectivity index (χ3v) is 3.05. The van der Waals surface area contributed by atoms with Crippen LogP contribution in [0.25, 0.3) is 0 Å². The molecule has 1 aromatic heterocycles. The van der Waals surface area contributed by atoms with E-state index in [-0.39, 0.29) is 5.82 Å². The third-order valence-electron chi connectivity index (χ3n) is 3.05. The van der Waals surface area contributed by atoms with Crippen molar-refractivity contribution < 1.29 is 4.39 Å². The fraction of sp³-hybridized carbons (Fsp3) is 0.312. The second-order valence-corrected chi connectivity index (χ2v) is 4.81. The van der Waals surface area contributed by atoms with Gasteiger partial charge in [-0.2, -0.15) is 0 Å². The monoisotopic (exact) mass is 273 g/mol. The second kappa shape index (κ2) is 6.89. The van der Waals surface area contributed by atoms with E-state index in [1.54, 1.807) is 18.3 Å². The fourth-order valence-electron chi connectivity index (χ4n) is 2.01. The highest BCUT2D eigenvalue weighted by Gasteiger charge is 2.04. The highest BCUT2D eigenvalue weighted by atomic mass is 19.1. The molecule has 4 heteroatoms. The average Bonchev–Trinajstić information content (AvgIpc) is 2.45. The summed E-state index contributed by atoms with van der Waals surface area (Å²) in [7, 11) is 1.99. The number of nitrogens with zero attached hydrogens (tertiary/aromatic N) is 2. The van der Waals surface area contributed by atoms with Gasteiger partial charge in [-0.15, -0.1) is 0 Å². The SMILES string of the molecule is CCCNc1cc(N(C)Cc2cccc(F)c2)ccn1. The molecule has 0 spiro atoms. The predicted molar refractivity (Wildman–Crippen MR) is 81.5 cm³/mol. The van der Waals surface area contributed by atoms with Gasteiger partial charge in [-0.1, -0.05) is 19.1 Å². The van der Waals surface area contributed by atoms with E-state index in [1.807, 2.05) is 25.2 Å². The summed E-state index contributed by atoms with van der Waals surface area (Å²) in [4.78, 5) is 6.36. The smallest absolute Gasteiger partial charge is 0.127 e. The molecule has 0 aliphatic rings. The Kier molecular flexibility index (Phi) is 4.93. The zero-order valence-corrected chi connectivity index (χ0v) is 11.9. The molecule has 3 nitrogen and oxygen atoms in total. The molecule has 0 aliphatic carbocycles. The van der Waals surface area contributed by atoms with Gasteiger partial charge in [0.2, 0.25) is 0 Å². The first-order chi connectivity index (χ1) is 9.69. The Morgan fingerprint density at radius 1 is 1.25 bits per heavy atom. The molecule has 0 fully saturated rings. The molecule has 0 bridgehead atoms. The molecule has 0 amide bonds. The van der Waals surface area contributed by atoms with E-state index in [4.69, 9.17) is 0 Å². The van der Waals surface area contributed by atoms with Gasteiger partial charge >= 0.3 is 0 Å². The predicted octanol–water partition coefficient (Wildman–Crippen LogP) is 3.68. The minimum absolute atomic E-state index is 0.198. The normalized spacial score (nSPS) is 10.3. The number of nitrogens with one attached hydrogen (secondary N) is 1. The number of anilines is 2. The van der Waals surface area contributed by atoms with Crippen molar-refractivity contribution in [2.45, 2.75) is 19.9 Å². The van der Waals surface area contributed by atoms with Crippen LogP contribution in [-0.4, -0.2) is 18.6 Å². The summed E-state index contributed by atoms with van der Waals surface area (Å²) in [5.74, 6) is 0.673. The van der Waals surface area contributed by atoms with Crippen molar-refractivity contribution in [1.82, 2.24) is 4.98 Å². The standard InChI is InChI=1S/C16H20FN3/c1-3-8-18-16-11-15(7-9-19-16)20(2)12-13-5-4-6-14(17)10-13/h4-7,9-11H,3,8,12H2,1-2H3,(H,18,19). The van der Waals surface area contributed by atoms with Gasteiger partial charge in [0.1, 0.15) is 11.6 Å². The Bertz CT molecular complexity index is 557. The Balaban J connectivity index is 2.06. The molecule has 106 valence electrons. The Hall–Kier alpha value is -2.10. The van der Waals surface area contributed by atoms with Crippen LogP contribution in [0, 0.1) is 5.82 Å². The van der Waals surface area contributed by atoms with Crippen LogP contribution >= 0.6 is 0 Å². The maximum Gasteiger partial charge on any atom is 0.127 e. The van der Waals surface area contributed by atoms with Gasteiger partial charge in [0.25, 0.3) is 0 Å². The summed E-state index contributed by atoms with van der Waals surface area (Å²) in [5.41, 5.74) is 2.01. The molecule has 0 radical (unpaired) electrons. The number of benzene rings is 1. The minimum atomic E-state index is -0.198. The van der Waals surface area contributed by atoms with Gasteiger partial charge in [0.05, 0.1) is 0 Å². The van der Waals surface area contributed by atoms with Crippen molar-refractivity contribution in [1.29, 1.82) is 0 Å². The van der Waals surface area contributed by atoms with Gasteiger partial charge in [0.15, 0.2) is 0 Å². The maximum absolute atomic E-state index is 13.2. The molecule has 1 heterocycles. The molecule has 1 N–H and O–H groups in total. The van der Waals surface area contributed by atoms with Crippen molar-refractivity contribution >= 4 is 11.5 Å². The highest BCUT2D eigenvalue weighted by molar-refractivity contribution is 5.53. The van der Waals surface area contributed by atoms with Crippen molar-refractivity contribution in [3.8, 4) is 0 Å². The number of hydrogen-bond donors (Lipinski definition) is 1. The van der Waals surface area contributed by atoms with E-state index in [0.717, 1.165) is 30.0 Å². The van der Waals surface area contributed by atoms with Crippen molar-refractivity contribution in [3.05, 3.63) is 54.0 Å². The molecule has 2 aromatic rings. The summed E-state index contributed by atoms with van der Waals surface area (Å²) in [6.07, 6.45) is 2.85. The van der Waals surface area contributed by atoms with Crippen LogP contribution in [0.4, 0.5) is 15.9 Å². The van der Waals surface area contributed by atoms with E-state index in [0.29, 0.717) is 6.54 Å². The second-order valence-electron chi connectivity index (χ2n) is 4.81. The largest absolute Gasteiger partial charge is 0.370 e. The summed E-state index contributed by atoms with van der Waals surface area (Å²) in [5, 5.41) is 3.26. The maximum atomic E-state index is 13.2. The first-order valence-corrected chi connectivity index (χ1v) is 6.84. The number of rotatable bonds is 6. The Morgan fingerprint density at radius 3 is 2.85 bits per heavy atom. The van der Waals surface area contributed by atoms with Crippen LogP contribution in [0.3, 0.4) is 0 Å². The average molecular weight is 273 g/mol. The lowest BCUT2D eigenvalue weighted by molar-refractivity contribution is 0.625.